The second-order valence-electron chi connectivity index (χ2n) is 3.27. The smallest absolute Gasteiger partial charge is 0.268 e. The molecule has 1 amide bonds. The molecule has 18 heavy (non-hydrogen) atoms. The lowest BCUT2D eigenvalue weighted by molar-refractivity contribution is 0.100. The van der Waals surface area contributed by atoms with Gasteiger partial charge in [-0.15, -0.1) is 0 Å². The van der Waals surface area contributed by atoms with Crippen molar-refractivity contribution in [3.63, 3.8) is 0 Å². The number of hydrogen-bond donors (Lipinski definition) is 1. The van der Waals surface area contributed by atoms with E-state index in [1.807, 2.05) is 0 Å². The van der Waals surface area contributed by atoms with E-state index in [9.17, 15) is 4.79 Å². The molecule has 0 spiro atoms. The van der Waals surface area contributed by atoms with Gasteiger partial charge < -0.3 is 5.73 Å². The monoisotopic (exact) mass is 259 g/mol. The zero-order chi connectivity index (χ0) is 13.0. The molecule has 2 N–H and O–H groups in total. The number of nitrogens with zero attached hydrogens (tertiary/aromatic N) is 4. The van der Waals surface area contributed by atoms with Gasteiger partial charge >= 0.3 is 0 Å². The van der Waals surface area contributed by atoms with Gasteiger partial charge in [-0.3, -0.25) is 9.78 Å². The number of hydrogen-bond acceptors (Lipinski definition) is 5. The summed E-state index contributed by atoms with van der Waals surface area (Å²) in [5, 5.41) is -0.116. The molecule has 0 saturated carbocycles. The Morgan fingerprint density at radius 3 is 2.50 bits per heavy atom. The van der Waals surface area contributed by atoms with Gasteiger partial charge in [0.05, 0.1) is 5.56 Å². The van der Waals surface area contributed by atoms with Crippen LogP contribution in [-0.2, 0) is 0 Å². The molecule has 2 aromatic rings. The molecule has 0 atom stereocenters. The summed E-state index contributed by atoms with van der Waals surface area (Å²) in [4.78, 5) is 25.1. The Morgan fingerprint density at radius 1 is 1.22 bits per heavy atom. The van der Waals surface area contributed by atoms with E-state index >= 15 is 0 Å². The van der Waals surface area contributed by atoms with E-state index in [-0.39, 0.29) is 11.1 Å². The van der Waals surface area contributed by atoms with Crippen LogP contribution in [0.25, 0.3) is 0 Å². The molecule has 0 bridgehead atoms. The number of amides is 1. The van der Waals surface area contributed by atoms with Crippen LogP contribution in [0.15, 0.2) is 43.0 Å². The van der Waals surface area contributed by atoms with Gasteiger partial charge in [0.2, 0.25) is 5.95 Å². The Balaban J connectivity index is 2.39. The van der Waals surface area contributed by atoms with Crippen molar-refractivity contribution >= 4 is 29.2 Å². The SMILES string of the molecule is NC(=S)N(C(=O)c1cccnc1)c1ncccn1. The number of rotatable bonds is 2. The first kappa shape index (κ1) is 12.1. The van der Waals surface area contributed by atoms with Crippen molar-refractivity contribution in [1.82, 2.24) is 15.0 Å². The van der Waals surface area contributed by atoms with Crippen LogP contribution in [0.3, 0.4) is 0 Å². The van der Waals surface area contributed by atoms with Crippen molar-refractivity contribution < 1.29 is 4.79 Å². The van der Waals surface area contributed by atoms with Gasteiger partial charge in [0.15, 0.2) is 5.11 Å². The number of anilines is 1. The van der Waals surface area contributed by atoms with Gasteiger partial charge in [-0.25, -0.2) is 14.9 Å². The number of carbonyl (C=O) groups excluding carboxylic acids is 1. The molecule has 90 valence electrons. The second-order valence-corrected chi connectivity index (χ2v) is 3.69. The lowest BCUT2D eigenvalue weighted by Gasteiger charge is -2.17. The number of carbonyl (C=O) groups is 1. The first-order valence-electron chi connectivity index (χ1n) is 5.01. The maximum Gasteiger partial charge on any atom is 0.268 e. The highest BCUT2D eigenvalue weighted by Gasteiger charge is 2.22. The van der Waals surface area contributed by atoms with Crippen LogP contribution in [0.5, 0.6) is 0 Å². The third-order valence-electron chi connectivity index (χ3n) is 2.08. The summed E-state index contributed by atoms with van der Waals surface area (Å²) < 4.78 is 0. The normalized spacial score (nSPS) is 9.78. The quantitative estimate of drug-likeness (QED) is 0.801. The summed E-state index contributed by atoms with van der Waals surface area (Å²) >= 11 is 4.86. The lowest BCUT2D eigenvalue weighted by Crippen LogP contribution is -2.41. The number of aromatic nitrogens is 3. The molecule has 2 rings (SSSR count). The summed E-state index contributed by atoms with van der Waals surface area (Å²) in [5.74, 6) is -0.277. The zero-order valence-electron chi connectivity index (χ0n) is 9.22. The van der Waals surface area contributed by atoms with Crippen molar-refractivity contribution in [1.29, 1.82) is 0 Å². The van der Waals surface area contributed by atoms with Crippen molar-refractivity contribution in [2.45, 2.75) is 0 Å². The Morgan fingerprint density at radius 2 is 1.94 bits per heavy atom. The fourth-order valence-electron chi connectivity index (χ4n) is 1.31. The summed E-state index contributed by atoms with van der Waals surface area (Å²) in [7, 11) is 0. The molecule has 7 heteroatoms. The number of nitrogens with two attached hydrogens (primary N) is 1. The molecule has 0 aliphatic carbocycles. The van der Waals surface area contributed by atoms with Gasteiger partial charge in [-0.2, -0.15) is 0 Å². The van der Waals surface area contributed by atoms with E-state index < -0.39 is 5.91 Å². The Kier molecular flexibility index (Phi) is 3.54. The maximum atomic E-state index is 12.2. The molecular formula is C11H9N5OS. The lowest BCUT2D eigenvalue weighted by atomic mass is 10.2. The minimum absolute atomic E-state index is 0.116. The molecule has 0 unspecified atom stereocenters. The fraction of sp³-hybridized carbons (Fsp3) is 0. The molecule has 0 aliphatic rings. The van der Waals surface area contributed by atoms with E-state index in [1.165, 1.54) is 18.6 Å². The van der Waals surface area contributed by atoms with Crippen LogP contribution < -0.4 is 10.6 Å². The first-order valence-corrected chi connectivity index (χ1v) is 5.42. The first-order chi connectivity index (χ1) is 8.70. The highest BCUT2D eigenvalue weighted by atomic mass is 32.1. The maximum absolute atomic E-state index is 12.2. The van der Waals surface area contributed by atoms with Gasteiger partial charge in [-0.1, -0.05) is 0 Å². The second kappa shape index (κ2) is 5.28. The summed E-state index contributed by atoms with van der Waals surface area (Å²) in [6.07, 6.45) is 6.01. The van der Waals surface area contributed by atoms with E-state index in [0.717, 1.165) is 4.90 Å². The molecule has 0 radical (unpaired) electrons. The minimum atomic E-state index is -0.415. The van der Waals surface area contributed by atoms with Crippen LogP contribution in [0.4, 0.5) is 5.95 Å². The van der Waals surface area contributed by atoms with Crippen LogP contribution in [0.1, 0.15) is 10.4 Å². The summed E-state index contributed by atoms with van der Waals surface area (Å²) in [5.41, 5.74) is 5.90. The van der Waals surface area contributed by atoms with E-state index in [4.69, 9.17) is 18.0 Å². The Bertz CT molecular complexity index is 560. The van der Waals surface area contributed by atoms with Crippen molar-refractivity contribution in [2.75, 3.05) is 4.90 Å². The molecule has 0 saturated heterocycles. The number of pyridine rings is 1. The molecule has 0 aliphatic heterocycles. The average Bonchev–Trinajstić information content (AvgIpc) is 2.40. The van der Waals surface area contributed by atoms with E-state index in [1.54, 1.807) is 24.4 Å². The van der Waals surface area contributed by atoms with Gasteiger partial charge in [0.25, 0.3) is 5.91 Å². The van der Waals surface area contributed by atoms with Crippen molar-refractivity contribution in [2.24, 2.45) is 5.73 Å². The predicted octanol–water partition coefficient (Wildman–Crippen LogP) is 0.762. The highest BCUT2D eigenvalue weighted by Crippen LogP contribution is 2.10. The Hall–Kier alpha value is -2.41. The third kappa shape index (κ3) is 2.46. The zero-order valence-corrected chi connectivity index (χ0v) is 10.0. The fourth-order valence-corrected chi connectivity index (χ4v) is 1.48. The van der Waals surface area contributed by atoms with E-state index in [2.05, 4.69) is 15.0 Å². The standard InChI is InChI=1S/C11H9N5OS/c12-10(18)16(11-14-5-2-6-15-11)9(17)8-3-1-4-13-7-8/h1-7H,(H2,12,18). The topological polar surface area (TPSA) is 85.0 Å². The highest BCUT2D eigenvalue weighted by molar-refractivity contribution is 7.80. The molecule has 0 aromatic carbocycles. The Labute approximate surface area is 108 Å². The molecule has 0 fully saturated rings. The van der Waals surface area contributed by atoms with Crippen LogP contribution >= 0.6 is 12.2 Å². The summed E-state index contributed by atoms with van der Waals surface area (Å²) in [6.45, 7) is 0. The molecule has 2 aromatic heterocycles. The third-order valence-corrected chi connectivity index (χ3v) is 2.27. The molecule has 6 nitrogen and oxygen atoms in total. The van der Waals surface area contributed by atoms with Gasteiger partial charge in [-0.05, 0) is 30.4 Å². The molecular weight excluding hydrogens is 250 g/mol. The summed E-state index contributed by atoms with van der Waals surface area (Å²) in [6, 6.07) is 4.90. The van der Waals surface area contributed by atoms with Crippen molar-refractivity contribution in [3.05, 3.63) is 48.5 Å². The van der Waals surface area contributed by atoms with Gasteiger partial charge in [0, 0.05) is 24.8 Å². The number of thiocarbonyl (C=S) groups is 1. The average molecular weight is 259 g/mol. The van der Waals surface area contributed by atoms with Gasteiger partial charge in [0.1, 0.15) is 0 Å². The van der Waals surface area contributed by atoms with Crippen LogP contribution in [-0.4, -0.2) is 26.0 Å². The largest absolute Gasteiger partial charge is 0.375 e. The minimum Gasteiger partial charge on any atom is -0.375 e. The molecule has 2 heterocycles. The van der Waals surface area contributed by atoms with E-state index in [0.29, 0.717) is 5.56 Å². The van der Waals surface area contributed by atoms with Crippen LogP contribution in [0, 0.1) is 0 Å². The van der Waals surface area contributed by atoms with Crippen molar-refractivity contribution in [3.8, 4) is 0 Å². The predicted molar refractivity (Wildman–Crippen MR) is 69.9 cm³/mol. The van der Waals surface area contributed by atoms with Crippen LogP contribution in [0.2, 0.25) is 0 Å².